The zero-order chi connectivity index (χ0) is 40.6. The first-order valence-corrected chi connectivity index (χ1v) is 16.8. The Morgan fingerprint density at radius 2 is 0.737 bits per heavy atom. The van der Waals surface area contributed by atoms with E-state index in [0.29, 0.717) is 0 Å². The molecular weight excluding hydrogens is 763 g/mol. The lowest BCUT2D eigenvalue weighted by atomic mass is 9.97. The van der Waals surface area contributed by atoms with Crippen molar-refractivity contribution in [2.75, 3.05) is 6.61 Å². The average molecular weight is 791 g/mol. The fraction of sp³-hybridized carbons (Fsp3) is 0.146. The second-order valence-corrected chi connectivity index (χ2v) is 12.2. The molecule has 5 aromatic carbocycles. The highest BCUT2D eigenvalue weighted by Gasteiger charge is 2.55. The quantitative estimate of drug-likeness (QED) is 0.0793. The molecule has 57 heavy (non-hydrogen) atoms. The van der Waals surface area contributed by atoms with Crippen molar-refractivity contribution in [1.82, 2.24) is 0 Å². The zero-order valence-electron chi connectivity index (χ0n) is 29.0. The molecule has 0 amide bonds. The number of carbonyl (C=O) groups is 5. The summed E-state index contributed by atoms with van der Waals surface area (Å²) in [5.74, 6) is -10.6. The Bertz CT molecular complexity index is 2320. The minimum Gasteiger partial charge on any atom is -0.459 e. The summed E-state index contributed by atoms with van der Waals surface area (Å²) < 4.78 is 105. The Labute approximate surface area is 319 Å². The molecule has 0 spiro atoms. The summed E-state index contributed by atoms with van der Waals surface area (Å²) in [5, 5.41) is 0. The summed E-state index contributed by atoms with van der Waals surface area (Å²) in [7, 11) is 0. The van der Waals surface area contributed by atoms with Gasteiger partial charge in [-0.05, 0) is 91.0 Å². The van der Waals surface area contributed by atoms with Crippen LogP contribution >= 0.6 is 0 Å². The Morgan fingerprint density at radius 1 is 0.421 bits per heavy atom. The largest absolute Gasteiger partial charge is 0.459 e. The lowest BCUT2D eigenvalue weighted by Gasteiger charge is -2.43. The lowest BCUT2D eigenvalue weighted by Crippen LogP contribution is -2.63. The van der Waals surface area contributed by atoms with Gasteiger partial charge in [0.15, 0.2) is 12.2 Å². The van der Waals surface area contributed by atoms with E-state index >= 15 is 0 Å². The molecule has 5 aromatic rings. The fourth-order valence-electron chi connectivity index (χ4n) is 5.58. The van der Waals surface area contributed by atoms with E-state index in [9.17, 15) is 45.9 Å². The number of esters is 5. The molecule has 1 fully saturated rings. The first-order chi connectivity index (χ1) is 27.3. The molecule has 292 valence electrons. The van der Waals surface area contributed by atoms with Crippen LogP contribution in [0.5, 0.6) is 0 Å². The third-order valence-electron chi connectivity index (χ3n) is 8.22. The number of halogens is 5. The molecule has 0 aromatic heterocycles. The maximum absolute atomic E-state index is 14.3. The molecule has 1 aliphatic heterocycles. The van der Waals surface area contributed by atoms with Gasteiger partial charge in [-0.3, -0.25) is 0 Å². The predicted molar refractivity (Wildman–Crippen MR) is 184 cm³/mol. The molecule has 0 saturated carbocycles. The number of rotatable bonds is 11. The number of hydrogen-bond donors (Lipinski definition) is 0. The van der Waals surface area contributed by atoms with E-state index in [1.54, 1.807) is 0 Å². The van der Waals surface area contributed by atoms with Crippen molar-refractivity contribution in [2.24, 2.45) is 0 Å². The van der Waals surface area contributed by atoms with E-state index in [1.807, 2.05) is 0 Å². The Kier molecular flexibility index (Phi) is 12.3. The highest BCUT2D eigenvalue weighted by Crippen LogP contribution is 2.32. The van der Waals surface area contributed by atoms with Crippen molar-refractivity contribution in [3.8, 4) is 0 Å². The van der Waals surface area contributed by atoms with Crippen LogP contribution in [0.1, 0.15) is 51.8 Å². The molecule has 5 atom stereocenters. The first kappa shape index (κ1) is 39.7. The highest BCUT2D eigenvalue weighted by molar-refractivity contribution is 5.92. The SMILES string of the molecule is O=C(OC[C@H]1O[C@H](OC(=O)c2cccc(F)c2)[C@H](OC(=O)c2cccc(F)c2)[C@@H](OC(=O)c2cccc(F)c2)[C@@H]1OC(=O)c1cccc(F)c1)c1cccc(F)c1. The van der Waals surface area contributed by atoms with Gasteiger partial charge in [0.1, 0.15) is 41.8 Å². The molecule has 11 nitrogen and oxygen atoms in total. The molecule has 0 bridgehead atoms. The first-order valence-electron chi connectivity index (χ1n) is 16.8. The minimum absolute atomic E-state index is 0.274. The zero-order valence-corrected chi connectivity index (χ0v) is 29.0. The molecule has 0 radical (unpaired) electrons. The number of ether oxygens (including phenoxy) is 6. The molecule has 1 saturated heterocycles. The normalized spacial score (nSPS) is 18.8. The monoisotopic (exact) mass is 790 g/mol. The fourth-order valence-corrected chi connectivity index (χ4v) is 5.58. The maximum Gasteiger partial charge on any atom is 0.340 e. The van der Waals surface area contributed by atoms with Crippen LogP contribution < -0.4 is 0 Å². The summed E-state index contributed by atoms with van der Waals surface area (Å²) in [6, 6.07) is 20.9. The van der Waals surface area contributed by atoms with Crippen molar-refractivity contribution in [2.45, 2.75) is 30.7 Å². The van der Waals surface area contributed by atoms with Gasteiger partial charge in [0, 0.05) is 0 Å². The molecule has 0 unspecified atom stereocenters. The minimum atomic E-state index is -2.18. The number of carbonyl (C=O) groups excluding carboxylic acids is 5. The highest BCUT2D eigenvalue weighted by atomic mass is 19.1. The second kappa shape index (κ2) is 17.7. The van der Waals surface area contributed by atoms with Gasteiger partial charge in [-0.15, -0.1) is 0 Å². The van der Waals surface area contributed by atoms with Gasteiger partial charge in [0.05, 0.1) is 27.8 Å². The van der Waals surface area contributed by atoms with E-state index in [-0.39, 0.29) is 16.7 Å². The Hall–Kier alpha value is -6.94. The van der Waals surface area contributed by atoms with Crippen LogP contribution in [0.25, 0.3) is 0 Å². The van der Waals surface area contributed by atoms with Gasteiger partial charge in [-0.2, -0.15) is 0 Å². The summed E-state index contributed by atoms with van der Waals surface area (Å²) >= 11 is 0. The molecule has 1 aliphatic rings. The van der Waals surface area contributed by atoms with Gasteiger partial charge >= 0.3 is 29.8 Å². The molecule has 6 rings (SSSR count). The van der Waals surface area contributed by atoms with Gasteiger partial charge in [0.2, 0.25) is 12.4 Å². The lowest BCUT2D eigenvalue weighted by molar-refractivity contribution is -0.282. The van der Waals surface area contributed by atoms with Gasteiger partial charge in [-0.1, -0.05) is 30.3 Å². The van der Waals surface area contributed by atoms with Crippen LogP contribution in [0.4, 0.5) is 22.0 Å². The van der Waals surface area contributed by atoms with Crippen molar-refractivity contribution in [3.63, 3.8) is 0 Å². The van der Waals surface area contributed by atoms with Gasteiger partial charge < -0.3 is 28.4 Å². The maximum atomic E-state index is 14.3. The summed E-state index contributed by atoms with van der Waals surface area (Å²) in [5.41, 5.74) is -1.84. The molecule has 0 aliphatic carbocycles. The van der Waals surface area contributed by atoms with Crippen molar-refractivity contribution >= 4 is 29.8 Å². The van der Waals surface area contributed by atoms with Crippen LogP contribution in [-0.4, -0.2) is 67.2 Å². The van der Waals surface area contributed by atoms with E-state index in [2.05, 4.69) is 0 Å². The molecular formula is C41H27F5O11. The van der Waals surface area contributed by atoms with E-state index < -0.39 is 107 Å². The van der Waals surface area contributed by atoms with Crippen LogP contribution in [0.2, 0.25) is 0 Å². The topological polar surface area (TPSA) is 141 Å². The summed E-state index contributed by atoms with van der Waals surface area (Å²) in [6.07, 6.45) is -10.3. The summed E-state index contributed by atoms with van der Waals surface area (Å²) in [6.45, 7) is -0.928. The molecule has 1 heterocycles. The van der Waals surface area contributed by atoms with Crippen molar-refractivity contribution in [3.05, 3.63) is 178 Å². The standard InChI is InChI=1S/C41H27F5O11/c42-27-11-1-6-22(16-27)36(47)52-21-32-33(54-37(48)23-7-2-12-28(43)17-23)34(55-38(49)24-8-3-13-29(44)18-24)35(56-39(50)25-9-4-14-30(45)19-25)41(53-32)57-40(51)26-10-5-15-31(46)20-26/h1-20,32-35,41H,21H2/t32-,33-,34+,35-,41-/m1/s1. The van der Waals surface area contributed by atoms with Crippen LogP contribution in [0.15, 0.2) is 121 Å². The van der Waals surface area contributed by atoms with Gasteiger partial charge in [0.25, 0.3) is 0 Å². The third-order valence-corrected chi connectivity index (χ3v) is 8.22. The Morgan fingerprint density at radius 3 is 1.11 bits per heavy atom. The number of hydrogen-bond acceptors (Lipinski definition) is 11. The van der Waals surface area contributed by atoms with Crippen LogP contribution in [0.3, 0.4) is 0 Å². The predicted octanol–water partition coefficient (Wildman–Crippen LogP) is 6.80. The Balaban J connectivity index is 1.45. The van der Waals surface area contributed by atoms with Crippen molar-refractivity contribution < 1.29 is 74.3 Å². The summed E-state index contributed by atoms with van der Waals surface area (Å²) in [4.78, 5) is 67.2. The van der Waals surface area contributed by atoms with Crippen molar-refractivity contribution in [1.29, 1.82) is 0 Å². The molecule has 16 heteroatoms. The van der Waals surface area contributed by atoms with E-state index in [1.165, 1.54) is 30.3 Å². The van der Waals surface area contributed by atoms with Crippen LogP contribution in [0, 0.1) is 29.1 Å². The smallest absolute Gasteiger partial charge is 0.340 e. The van der Waals surface area contributed by atoms with E-state index in [4.69, 9.17) is 28.4 Å². The van der Waals surface area contributed by atoms with E-state index in [0.717, 1.165) is 91.0 Å². The average Bonchev–Trinajstić information content (AvgIpc) is 3.19. The van der Waals surface area contributed by atoms with Gasteiger partial charge in [-0.25, -0.2) is 45.9 Å². The second-order valence-electron chi connectivity index (χ2n) is 12.2. The number of benzene rings is 5. The van der Waals surface area contributed by atoms with Crippen LogP contribution in [-0.2, 0) is 28.4 Å². The third kappa shape index (κ3) is 10.0. The molecule has 0 N–H and O–H groups in total.